The van der Waals surface area contributed by atoms with Crippen LogP contribution >= 0.6 is 15.9 Å². The lowest BCUT2D eigenvalue weighted by Crippen LogP contribution is -2.02. The highest BCUT2D eigenvalue weighted by Gasteiger charge is 2.14. The Hall–Kier alpha value is -3.59. The van der Waals surface area contributed by atoms with Crippen molar-refractivity contribution in [2.24, 2.45) is 0 Å². The summed E-state index contributed by atoms with van der Waals surface area (Å²) in [4.78, 5) is 22.7. The molecule has 9 heteroatoms. The van der Waals surface area contributed by atoms with Crippen LogP contribution in [0.15, 0.2) is 59.1 Å². The third kappa shape index (κ3) is 6.48. The number of methoxy groups -OCH3 is 5. The van der Waals surface area contributed by atoms with Crippen molar-refractivity contribution in [3.05, 3.63) is 76.0 Å². The van der Waals surface area contributed by atoms with Gasteiger partial charge in [0.25, 0.3) is 0 Å². The maximum absolute atomic E-state index is 13.8. The lowest BCUT2D eigenvalue weighted by Gasteiger charge is -2.11. The predicted octanol–water partition coefficient (Wildman–Crippen LogP) is 5.54. The number of rotatable bonds is 6. The number of esters is 2. The average Bonchev–Trinajstić information content (AvgIpc) is 2.87. The van der Waals surface area contributed by atoms with E-state index < -0.39 is 11.8 Å². The molecule has 34 heavy (non-hydrogen) atoms. The third-order valence-corrected chi connectivity index (χ3v) is 5.28. The topological polar surface area (TPSA) is 80.3 Å². The number of carbonyl (C=O) groups excluding carboxylic acids is 2. The molecule has 0 atom stereocenters. The summed E-state index contributed by atoms with van der Waals surface area (Å²) in [5, 5.41) is 0. The molecule has 0 N–H and O–H groups in total. The first-order valence-electron chi connectivity index (χ1n) is 9.81. The Morgan fingerprint density at radius 1 is 0.676 bits per heavy atom. The fraction of sp³-hybridized carbons (Fsp3) is 0.200. The van der Waals surface area contributed by atoms with Gasteiger partial charge in [-0.2, -0.15) is 0 Å². The van der Waals surface area contributed by atoms with E-state index in [1.807, 2.05) is 0 Å². The number of carbonyl (C=O) groups is 2. The summed E-state index contributed by atoms with van der Waals surface area (Å²) in [6, 6.07) is 14.4. The average molecular weight is 535 g/mol. The van der Waals surface area contributed by atoms with Crippen molar-refractivity contribution in [3.63, 3.8) is 0 Å². The molecule has 0 fully saturated rings. The van der Waals surface area contributed by atoms with Crippen molar-refractivity contribution >= 4 is 27.9 Å². The zero-order chi connectivity index (χ0) is 25.3. The zero-order valence-corrected chi connectivity index (χ0v) is 20.9. The van der Waals surface area contributed by atoms with Crippen molar-refractivity contribution < 1.29 is 37.7 Å². The minimum Gasteiger partial charge on any atom is -0.496 e. The van der Waals surface area contributed by atoms with Crippen LogP contribution in [-0.2, 0) is 9.47 Å². The summed E-state index contributed by atoms with van der Waals surface area (Å²) < 4.78 is 39.0. The van der Waals surface area contributed by atoms with E-state index in [1.165, 1.54) is 40.6 Å². The number of hydrogen-bond donors (Lipinski definition) is 0. The molecular formula is C25H24BrFO7. The first kappa shape index (κ1) is 26.7. The standard InChI is InChI=1S/C16H15FO4.C9H9BrO3/c1-19-14-6-5-11(16(18)21-3)8-12(14)10-4-7-15(20-2)13(17)9-10;1-12-8-4-3-6(5-7(8)10)9(11)13-2/h4-9H,1-3H3;3-5H,1-2H3. The molecule has 0 unspecified atom stereocenters. The van der Waals surface area contributed by atoms with Crippen molar-refractivity contribution in [2.75, 3.05) is 35.5 Å². The molecule has 7 nitrogen and oxygen atoms in total. The van der Waals surface area contributed by atoms with Gasteiger partial charge in [-0.1, -0.05) is 6.07 Å². The van der Waals surface area contributed by atoms with Crippen LogP contribution in [0.5, 0.6) is 17.2 Å². The fourth-order valence-corrected chi connectivity index (χ4v) is 3.46. The van der Waals surface area contributed by atoms with Gasteiger partial charge in [0.15, 0.2) is 11.6 Å². The van der Waals surface area contributed by atoms with Crippen LogP contribution in [0.4, 0.5) is 4.39 Å². The van der Waals surface area contributed by atoms with E-state index in [-0.39, 0.29) is 11.7 Å². The number of benzene rings is 3. The van der Waals surface area contributed by atoms with Crippen molar-refractivity contribution in [1.82, 2.24) is 0 Å². The largest absolute Gasteiger partial charge is 0.496 e. The van der Waals surface area contributed by atoms with Gasteiger partial charge in [0.05, 0.1) is 51.1 Å². The Morgan fingerprint density at radius 3 is 1.65 bits per heavy atom. The van der Waals surface area contributed by atoms with E-state index in [9.17, 15) is 14.0 Å². The van der Waals surface area contributed by atoms with Gasteiger partial charge < -0.3 is 23.7 Å². The maximum Gasteiger partial charge on any atom is 0.337 e. The molecule has 3 rings (SSSR count). The van der Waals surface area contributed by atoms with Gasteiger partial charge in [0.2, 0.25) is 0 Å². The minimum absolute atomic E-state index is 0.154. The van der Waals surface area contributed by atoms with E-state index in [2.05, 4.69) is 25.4 Å². The Balaban J connectivity index is 0.000000270. The van der Waals surface area contributed by atoms with Crippen LogP contribution in [0.2, 0.25) is 0 Å². The van der Waals surface area contributed by atoms with E-state index in [4.69, 9.17) is 14.2 Å². The summed E-state index contributed by atoms with van der Waals surface area (Å²) >= 11 is 3.27. The Labute approximate surface area is 205 Å². The number of ether oxygens (including phenoxy) is 5. The molecule has 0 saturated carbocycles. The lowest BCUT2D eigenvalue weighted by atomic mass is 10.0. The molecule has 0 aliphatic carbocycles. The summed E-state index contributed by atoms with van der Waals surface area (Å²) in [5.74, 6) is 0.0680. The summed E-state index contributed by atoms with van der Waals surface area (Å²) in [5.41, 5.74) is 2.04. The van der Waals surface area contributed by atoms with E-state index in [0.29, 0.717) is 33.8 Å². The second-order valence-electron chi connectivity index (χ2n) is 6.60. The predicted molar refractivity (Wildman–Crippen MR) is 128 cm³/mol. The van der Waals surface area contributed by atoms with Gasteiger partial charge in [-0.15, -0.1) is 0 Å². The molecule has 0 aromatic heterocycles. The van der Waals surface area contributed by atoms with E-state index in [1.54, 1.807) is 49.6 Å². The second kappa shape index (κ2) is 12.6. The van der Waals surface area contributed by atoms with Crippen molar-refractivity contribution in [3.8, 4) is 28.4 Å². The molecule has 0 aliphatic heterocycles. The van der Waals surface area contributed by atoms with Crippen LogP contribution in [0.25, 0.3) is 11.1 Å². The van der Waals surface area contributed by atoms with Gasteiger partial charge in [0.1, 0.15) is 11.5 Å². The van der Waals surface area contributed by atoms with Gasteiger partial charge in [-0.05, 0) is 70.0 Å². The van der Waals surface area contributed by atoms with Gasteiger partial charge in [0, 0.05) is 5.56 Å². The molecule has 0 radical (unpaired) electrons. The highest BCUT2D eigenvalue weighted by Crippen LogP contribution is 2.33. The monoisotopic (exact) mass is 534 g/mol. The Morgan fingerprint density at radius 2 is 1.18 bits per heavy atom. The maximum atomic E-state index is 13.8. The van der Waals surface area contributed by atoms with E-state index >= 15 is 0 Å². The normalized spacial score (nSPS) is 9.85. The molecule has 3 aromatic carbocycles. The van der Waals surface area contributed by atoms with Gasteiger partial charge in [-0.25, -0.2) is 14.0 Å². The highest BCUT2D eigenvalue weighted by molar-refractivity contribution is 9.10. The van der Waals surface area contributed by atoms with Crippen molar-refractivity contribution in [2.45, 2.75) is 0 Å². The SMILES string of the molecule is COC(=O)c1ccc(OC)c(-c2ccc(OC)c(F)c2)c1.COC(=O)c1ccc(OC)c(Br)c1. The minimum atomic E-state index is -0.486. The quantitative estimate of drug-likeness (QED) is 0.384. The van der Waals surface area contributed by atoms with Crippen molar-refractivity contribution in [1.29, 1.82) is 0 Å². The van der Waals surface area contributed by atoms with E-state index in [0.717, 1.165) is 4.47 Å². The molecule has 0 amide bonds. The first-order chi connectivity index (χ1) is 16.3. The van der Waals surface area contributed by atoms with Crippen LogP contribution in [-0.4, -0.2) is 47.5 Å². The van der Waals surface area contributed by atoms with Crippen LogP contribution in [0.1, 0.15) is 20.7 Å². The third-order valence-electron chi connectivity index (χ3n) is 4.66. The molecule has 0 aliphatic rings. The molecule has 180 valence electrons. The first-order valence-corrected chi connectivity index (χ1v) is 10.6. The number of hydrogen-bond acceptors (Lipinski definition) is 7. The molecule has 0 heterocycles. The molecule has 0 saturated heterocycles. The highest BCUT2D eigenvalue weighted by atomic mass is 79.9. The van der Waals surface area contributed by atoms with Crippen LogP contribution in [0.3, 0.4) is 0 Å². The Bertz CT molecular complexity index is 1160. The molecule has 3 aromatic rings. The smallest absolute Gasteiger partial charge is 0.337 e. The van der Waals surface area contributed by atoms with Gasteiger partial charge in [-0.3, -0.25) is 0 Å². The van der Waals surface area contributed by atoms with Gasteiger partial charge >= 0.3 is 11.9 Å². The molecular weight excluding hydrogens is 511 g/mol. The Kier molecular flexibility index (Phi) is 9.88. The second-order valence-corrected chi connectivity index (χ2v) is 7.45. The summed E-state index contributed by atoms with van der Waals surface area (Å²) in [6.07, 6.45) is 0. The summed E-state index contributed by atoms with van der Waals surface area (Å²) in [7, 11) is 7.13. The summed E-state index contributed by atoms with van der Waals surface area (Å²) in [6.45, 7) is 0. The molecule has 0 spiro atoms. The fourth-order valence-electron chi connectivity index (χ4n) is 2.92. The zero-order valence-electron chi connectivity index (χ0n) is 19.3. The lowest BCUT2D eigenvalue weighted by molar-refractivity contribution is 0.0592. The van der Waals surface area contributed by atoms with Crippen LogP contribution < -0.4 is 14.2 Å². The molecule has 0 bridgehead atoms. The van der Waals surface area contributed by atoms with Crippen LogP contribution in [0, 0.1) is 5.82 Å². The number of halogens is 2.